The summed E-state index contributed by atoms with van der Waals surface area (Å²) >= 11 is 0. The highest BCUT2D eigenvalue weighted by atomic mass is 16.2. The van der Waals surface area contributed by atoms with Crippen molar-refractivity contribution in [3.05, 3.63) is 24.3 Å². The predicted molar refractivity (Wildman–Crippen MR) is 84.2 cm³/mol. The van der Waals surface area contributed by atoms with Crippen LogP contribution >= 0.6 is 0 Å². The number of nitrogens with one attached hydrogen (secondary N) is 2. The smallest absolute Gasteiger partial charge is 0.238 e. The quantitative estimate of drug-likeness (QED) is 0.894. The van der Waals surface area contributed by atoms with Crippen LogP contribution in [-0.2, 0) is 9.59 Å². The number of anilines is 2. The van der Waals surface area contributed by atoms with Crippen LogP contribution in [0.1, 0.15) is 26.7 Å². The minimum Gasteiger partial charge on any atom is -0.326 e. The molecule has 0 aromatic heterocycles. The Labute approximate surface area is 125 Å². The summed E-state index contributed by atoms with van der Waals surface area (Å²) in [6, 6.07) is 7.19. The fourth-order valence-corrected chi connectivity index (χ4v) is 2.50. The molecule has 1 aliphatic heterocycles. The van der Waals surface area contributed by atoms with Gasteiger partial charge in [0.25, 0.3) is 0 Å². The lowest BCUT2D eigenvalue weighted by Crippen LogP contribution is -2.38. The summed E-state index contributed by atoms with van der Waals surface area (Å²) in [6.45, 7) is 6.12. The van der Waals surface area contributed by atoms with Gasteiger partial charge in [0, 0.05) is 18.3 Å². The molecule has 0 aliphatic carbocycles. The molecule has 0 spiro atoms. The Bertz CT molecular complexity index is 508. The monoisotopic (exact) mass is 289 g/mol. The lowest BCUT2D eigenvalue weighted by atomic mass is 9.99. The molecule has 1 heterocycles. The Morgan fingerprint density at radius 1 is 1.19 bits per heavy atom. The van der Waals surface area contributed by atoms with Crippen molar-refractivity contribution in [1.29, 1.82) is 0 Å². The lowest BCUT2D eigenvalue weighted by Gasteiger charge is -2.29. The van der Waals surface area contributed by atoms with E-state index < -0.39 is 0 Å². The van der Waals surface area contributed by atoms with E-state index in [0.717, 1.165) is 31.8 Å². The molecule has 114 valence electrons. The van der Waals surface area contributed by atoms with E-state index in [1.807, 2.05) is 12.1 Å². The average Bonchev–Trinajstić information content (AvgIpc) is 2.41. The van der Waals surface area contributed by atoms with Crippen LogP contribution in [0.25, 0.3) is 0 Å². The summed E-state index contributed by atoms with van der Waals surface area (Å²) < 4.78 is 0. The van der Waals surface area contributed by atoms with Gasteiger partial charge < -0.3 is 10.6 Å². The number of hydrogen-bond donors (Lipinski definition) is 2. The average molecular weight is 289 g/mol. The molecular formula is C16H23N3O2. The minimum atomic E-state index is -0.124. The van der Waals surface area contributed by atoms with Gasteiger partial charge in [-0.15, -0.1) is 0 Å². The molecule has 1 saturated heterocycles. The summed E-state index contributed by atoms with van der Waals surface area (Å²) in [4.78, 5) is 25.3. The molecule has 1 aromatic carbocycles. The number of carbonyl (C=O) groups is 2. The van der Waals surface area contributed by atoms with Crippen molar-refractivity contribution in [1.82, 2.24) is 4.90 Å². The number of nitrogens with zero attached hydrogens (tertiary/aromatic N) is 1. The maximum absolute atomic E-state index is 12.1. The van der Waals surface area contributed by atoms with E-state index in [0.29, 0.717) is 17.9 Å². The van der Waals surface area contributed by atoms with Gasteiger partial charge in [-0.2, -0.15) is 0 Å². The van der Waals surface area contributed by atoms with Gasteiger partial charge in [-0.3, -0.25) is 14.5 Å². The first-order valence-corrected chi connectivity index (χ1v) is 7.43. The number of piperidine rings is 1. The third kappa shape index (κ3) is 5.19. The number of amides is 2. The molecule has 2 N–H and O–H groups in total. The first-order chi connectivity index (χ1) is 10.0. The Morgan fingerprint density at radius 3 is 2.43 bits per heavy atom. The zero-order chi connectivity index (χ0) is 15.2. The first-order valence-electron chi connectivity index (χ1n) is 7.43. The van der Waals surface area contributed by atoms with Crippen molar-refractivity contribution >= 4 is 23.2 Å². The SMILES string of the molecule is CC(=O)Nc1cccc(NC(=O)CN2CCC(C)CC2)c1. The van der Waals surface area contributed by atoms with Crippen molar-refractivity contribution in [3.8, 4) is 0 Å². The van der Waals surface area contributed by atoms with Crippen LogP contribution in [-0.4, -0.2) is 36.3 Å². The van der Waals surface area contributed by atoms with Crippen LogP contribution in [0.15, 0.2) is 24.3 Å². The zero-order valence-corrected chi connectivity index (χ0v) is 12.7. The summed E-state index contributed by atoms with van der Waals surface area (Å²) in [5, 5.41) is 5.59. The second-order valence-corrected chi connectivity index (χ2v) is 5.77. The third-order valence-corrected chi connectivity index (χ3v) is 3.71. The molecule has 5 heteroatoms. The molecule has 0 atom stereocenters. The highest BCUT2D eigenvalue weighted by Crippen LogP contribution is 2.17. The van der Waals surface area contributed by atoms with Gasteiger partial charge in [-0.25, -0.2) is 0 Å². The molecule has 0 unspecified atom stereocenters. The van der Waals surface area contributed by atoms with E-state index in [-0.39, 0.29) is 11.8 Å². The Morgan fingerprint density at radius 2 is 1.81 bits per heavy atom. The highest BCUT2D eigenvalue weighted by molar-refractivity contribution is 5.94. The van der Waals surface area contributed by atoms with E-state index in [9.17, 15) is 9.59 Å². The maximum atomic E-state index is 12.1. The number of hydrogen-bond acceptors (Lipinski definition) is 3. The Hall–Kier alpha value is -1.88. The van der Waals surface area contributed by atoms with Crippen LogP contribution < -0.4 is 10.6 Å². The van der Waals surface area contributed by atoms with Crippen LogP contribution in [0.4, 0.5) is 11.4 Å². The predicted octanol–water partition coefficient (Wildman–Crippen LogP) is 2.32. The van der Waals surface area contributed by atoms with Gasteiger partial charge in [0.15, 0.2) is 0 Å². The van der Waals surface area contributed by atoms with Crippen molar-refractivity contribution < 1.29 is 9.59 Å². The first kappa shape index (κ1) is 15.5. The Kier molecular flexibility index (Phi) is 5.33. The van der Waals surface area contributed by atoms with Crippen LogP contribution in [0.3, 0.4) is 0 Å². The van der Waals surface area contributed by atoms with E-state index >= 15 is 0 Å². The molecule has 1 aliphatic rings. The number of rotatable bonds is 4. The molecule has 0 bridgehead atoms. The van der Waals surface area contributed by atoms with Gasteiger partial charge in [0.05, 0.1) is 6.54 Å². The second-order valence-electron chi connectivity index (χ2n) is 5.77. The molecule has 0 radical (unpaired) electrons. The highest BCUT2D eigenvalue weighted by Gasteiger charge is 2.17. The lowest BCUT2D eigenvalue weighted by molar-refractivity contribution is -0.117. The number of likely N-dealkylation sites (tertiary alicyclic amines) is 1. The van der Waals surface area contributed by atoms with E-state index in [1.165, 1.54) is 6.92 Å². The zero-order valence-electron chi connectivity index (χ0n) is 12.7. The van der Waals surface area contributed by atoms with E-state index in [1.54, 1.807) is 12.1 Å². The second kappa shape index (κ2) is 7.22. The fourth-order valence-electron chi connectivity index (χ4n) is 2.50. The van der Waals surface area contributed by atoms with Crippen molar-refractivity contribution in [2.24, 2.45) is 5.92 Å². The maximum Gasteiger partial charge on any atom is 0.238 e. The Balaban J connectivity index is 1.86. The molecular weight excluding hydrogens is 266 g/mol. The van der Waals surface area contributed by atoms with Gasteiger partial charge in [0.1, 0.15) is 0 Å². The minimum absolute atomic E-state index is 0.00970. The molecule has 1 fully saturated rings. The van der Waals surface area contributed by atoms with E-state index in [4.69, 9.17) is 0 Å². The number of benzene rings is 1. The number of carbonyl (C=O) groups excluding carboxylic acids is 2. The molecule has 0 saturated carbocycles. The molecule has 21 heavy (non-hydrogen) atoms. The van der Waals surface area contributed by atoms with Crippen LogP contribution in [0, 0.1) is 5.92 Å². The van der Waals surface area contributed by atoms with Gasteiger partial charge >= 0.3 is 0 Å². The molecule has 2 rings (SSSR count). The van der Waals surface area contributed by atoms with Crippen LogP contribution in [0.2, 0.25) is 0 Å². The summed E-state index contributed by atoms with van der Waals surface area (Å²) in [5.41, 5.74) is 1.39. The summed E-state index contributed by atoms with van der Waals surface area (Å²) in [5.74, 6) is 0.629. The van der Waals surface area contributed by atoms with Crippen LogP contribution in [0.5, 0.6) is 0 Å². The summed E-state index contributed by atoms with van der Waals surface area (Å²) in [7, 11) is 0. The van der Waals surface area contributed by atoms with Gasteiger partial charge in [0.2, 0.25) is 11.8 Å². The third-order valence-electron chi connectivity index (χ3n) is 3.71. The van der Waals surface area contributed by atoms with Crippen molar-refractivity contribution in [2.45, 2.75) is 26.7 Å². The van der Waals surface area contributed by atoms with Gasteiger partial charge in [-0.1, -0.05) is 13.0 Å². The molecule has 1 aromatic rings. The largest absolute Gasteiger partial charge is 0.326 e. The van der Waals surface area contributed by atoms with Crippen molar-refractivity contribution in [2.75, 3.05) is 30.3 Å². The topological polar surface area (TPSA) is 61.4 Å². The molecule has 2 amide bonds. The van der Waals surface area contributed by atoms with E-state index in [2.05, 4.69) is 22.5 Å². The van der Waals surface area contributed by atoms with Crippen molar-refractivity contribution in [3.63, 3.8) is 0 Å². The fraction of sp³-hybridized carbons (Fsp3) is 0.500. The normalized spacial score (nSPS) is 16.5. The summed E-state index contributed by atoms with van der Waals surface area (Å²) in [6.07, 6.45) is 2.32. The van der Waals surface area contributed by atoms with Gasteiger partial charge in [-0.05, 0) is 50.0 Å². The standard InChI is InChI=1S/C16H23N3O2/c1-12-6-8-19(9-7-12)11-16(21)18-15-5-3-4-14(10-15)17-13(2)20/h3-5,10,12H,6-9,11H2,1-2H3,(H,17,20)(H,18,21). The molecule has 5 nitrogen and oxygen atoms in total.